The van der Waals surface area contributed by atoms with Crippen LogP contribution in [0.4, 0.5) is 0 Å². The first kappa shape index (κ1) is 17.7. The molecule has 128 valence electrons. The maximum absolute atomic E-state index is 4.57. The molecule has 3 rings (SSSR count). The van der Waals surface area contributed by atoms with Crippen molar-refractivity contribution in [3.05, 3.63) is 83.8 Å². The molecule has 2 aromatic carbocycles. The van der Waals surface area contributed by atoms with Gasteiger partial charge in [0.2, 0.25) is 0 Å². The van der Waals surface area contributed by atoms with Crippen molar-refractivity contribution >= 4 is 11.8 Å². The molecule has 3 aromatic rings. The van der Waals surface area contributed by atoms with E-state index in [2.05, 4.69) is 60.2 Å². The van der Waals surface area contributed by atoms with Crippen molar-refractivity contribution in [1.29, 1.82) is 0 Å². The molecule has 0 saturated heterocycles. The molecule has 0 bridgehead atoms. The van der Waals surface area contributed by atoms with Crippen molar-refractivity contribution in [2.45, 2.75) is 37.7 Å². The van der Waals surface area contributed by atoms with Gasteiger partial charge in [0, 0.05) is 17.5 Å². The Morgan fingerprint density at radius 2 is 1.52 bits per heavy atom. The molecule has 0 saturated carbocycles. The van der Waals surface area contributed by atoms with Crippen LogP contribution in [-0.2, 0) is 18.6 Å². The van der Waals surface area contributed by atoms with Crippen LogP contribution in [0.5, 0.6) is 0 Å². The molecule has 0 fully saturated rings. The van der Waals surface area contributed by atoms with Gasteiger partial charge >= 0.3 is 0 Å². The molecule has 0 aliphatic heterocycles. The number of thioether (sulfide) groups is 1. The molecular formula is C22H24N2S. The number of rotatable bonds is 7. The summed E-state index contributed by atoms with van der Waals surface area (Å²) < 4.78 is 0. The van der Waals surface area contributed by atoms with Crippen molar-refractivity contribution in [1.82, 2.24) is 9.97 Å². The average molecular weight is 349 g/mol. The van der Waals surface area contributed by atoms with E-state index in [0.29, 0.717) is 5.25 Å². The molecule has 0 aliphatic rings. The van der Waals surface area contributed by atoms with Crippen LogP contribution >= 0.6 is 11.8 Å². The minimum absolute atomic E-state index is 0.678. The minimum Gasteiger partial charge on any atom is -0.257 e. The Balaban J connectivity index is 1.55. The highest BCUT2D eigenvalue weighted by Crippen LogP contribution is 2.18. The summed E-state index contributed by atoms with van der Waals surface area (Å²) in [7, 11) is 0. The number of hydrogen-bond donors (Lipinski definition) is 0. The van der Waals surface area contributed by atoms with E-state index in [9.17, 15) is 0 Å². The van der Waals surface area contributed by atoms with Crippen molar-refractivity contribution in [3.63, 3.8) is 0 Å². The van der Waals surface area contributed by atoms with Crippen LogP contribution in [-0.4, -0.2) is 15.2 Å². The van der Waals surface area contributed by atoms with Crippen molar-refractivity contribution in [2.75, 3.05) is 0 Å². The minimum atomic E-state index is 0.678. The second-order valence-electron chi connectivity index (χ2n) is 6.44. The van der Waals surface area contributed by atoms with Gasteiger partial charge in [0.05, 0.1) is 17.6 Å². The zero-order chi connectivity index (χ0) is 17.5. The molecule has 0 atom stereocenters. The first-order chi connectivity index (χ1) is 12.2. The summed E-state index contributed by atoms with van der Waals surface area (Å²) in [6, 6.07) is 19.1. The Kier molecular flexibility index (Phi) is 6.24. The van der Waals surface area contributed by atoms with Crippen molar-refractivity contribution in [3.8, 4) is 11.3 Å². The Hall–Kier alpha value is -2.13. The quantitative estimate of drug-likeness (QED) is 0.558. The summed E-state index contributed by atoms with van der Waals surface area (Å²) in [5, 5.41) is 0.678. The van der Waals surface area contributed by atoms with Crippen LogP contribution in [0.25, 0.3) is 11.3 Å². The fraction of sp³-hybridized carbons (Fsp3) is 0.273. The van der Waals surface area contributed by atoms with E-state index in [-0.39, 0.29) is 0 Å². The Bertz CT molecular complexity index is 765. The molecule has 0 N–H and O–H groups in total. The standard InChI is InChI=1S/C22H24N2S/c1-17(2)25-16-19-10-8-18(9-11-19)12-13-21-14-24-22(15-23-21)20-6-4-3-5-7-20/h3-11,14-15,17H,12-13,16H2,1-2H3. The van der Waals surface area contributed by atoms with E-state index in [1.165, 1.54) is 11.1 Å². The molecule has 0 radical (unpaired) electrons. The predicted octanol–water partition coefficient (Wildman–Crippen LogP) is 5.57. The molecule has 0 unspecified atom stereocenters. The van der Waals surface area contributed by atoms with Gasteiger partial charge in [-0.15, -0.1) is 0 Å². The lowest BCUT2D eigenvalue weighted by Crippen LogP contribution is -1.97. The van der Waals surface area contributed by atoms with Crippen LogP contribution in [0.3, 0.4) is 0 Å². The number of nitrogens with zero attached hydrogens (tertiary/aromatic N) is 2. The van der Waals surface area contributed by atoms with Gasteiger partial charge < -0.3 is 0 Å². The number of benzene rings is 2. The van der Waals surface area contributed by atoms with Gasteiger partial charge in [0.1, 0.15) is 0 Å². The molecule has 0 aliphatic carbocycles. The van der Waals surface area contributed by atoms with Gasteiger partial charge in [-0.2, -0.15) is 11.8 Å². The van der Waals surface area contributed by atoms with Gasteiger partial charge in [0.25, 0.3) is 0 Å². The smallest absolute Gasteiger partial charge is 0.0885 e. The van der Waals surface area contributed by atoms with Gasteiger partial charge in [-0.1, -0.05) is 68.4 Å². The summed E-state index contributed by atoms with van der Waals surface area (Å²) >= 11 is 1.98. The lowest BCUT2D eigenvalue weighted by Gasteiger charge is -2.07. The fourth-order valence-electron chi connectivity index (χ4n) is 2.58. The van der Waals surface area contributed by atoms with Crippen LogP contribution in [0.15, 0.2) is 67.0 Å². The van der Waals surface area contributed by atoms with E-state index < -0.39 is 0 Å². The van der Waals surface area contributed by atoms with Crippen LogP contribution < -0.4 is 0 Å². The van der Waals surface area contributed by atoms with E-state index in [1.807, 2.05) is 42.4 Å². The second kappa shape index (κ2) is 8.82. The lowest BCUT2D eigenvalue weighted by atomic mass is 10.1. The molecule has 25 heavy (non-hydrogen) atoms. The maximum atomic E-state index is 4.57. The van der Waals surface area contributed by atoms with Crippen LogP contribution in [0, 0.1) is 0 Å². The number of aryl methyl sites for hydroxylation is 2. The highest BCUT2D eigenvalue weighted by molar-refractivity contribution is 7.99. The van der Waals surface area contributed by atoms with E-state index in [4.69, 9.17) is 0 Å². The van der Waals surface area contributed by atoms with Gasteiger partial charge in [-0.25, -0.2) is 0 Å². The Labute approximate surface area is 154 Å². The molecule has 0 spiro atoms. The number of hydrogen-bond acceptors (Lipinski definition) is 3. The zero-order valence-corrected chi connectivity index (χ0v) is 15.7. The van der Waals surface area contributed by atoms with E-state index >= 15 is 0 Å². The lowest BCUT2D eigenvalue weighted by molar-refractivity contribution is 0.899. The third-order valence-corrected chi connectivity index (χ3v) is 5.22. The topological polar surface area (TPSA) is 25.8 Å². The molecule has 1 heterocycles. The average Bonchev–Trinajstić information content (AvgIpc) is 2.66. The third-order valence-electron chi connectivity index (χ3n) is 4.05. The summed E-state index contributed by atoms with van der Waals surface area (Å²) in [4.78, 5) is 9.12. The fourth-order valence-corrected chi connectivity index (χ4v) is 3.30. The Morgan fingerprint density at radius 1 is 0.800 bits per heavy atom. The van der Waals surface area contributed by atoms with Gasteiger partial charge in [-0.3, -0.25) is 9.97 Å². The third kappa shape index (κ3) is 5.43. The predicted molar refractivity (Wildman–Crippen MR) is 108 cm³/mol. The van der Waals surface area contributed by atoms with Gasteiger partial charge in [-0.05, 0) is 29.2 Å². The summed E-state index contributed by atoms with van der Waals surface area (Å²) in [6.07, 6.45) is 5.69. The summed E-state index contributed by atoms with van der Waals surface area (Å²) in [6.45, 7) is 4.48. The van der Waals surface area contributed by atoms with Gasteiger partial charge in [0.15, 0.2) is 0 Å². The Morgan fingerprint density at radius 3 is 2.16 bits per heavy atom. The summed E-state index contributed by atoms with van der Waals surface area (Å²) in [5.41, 5.74) is 5.83. The molecule has 2 nitrogen and oxygen atoms in total. The highest BCUT2D eigenvalue weighted by atomic mass is 32.2. The molecule has 0 amide bonds. The maximum Gasteiger partial charge on any atom is 0.0885 e. The van der Waals surface area contributed by atoms with E-state index in [0.717, 1.165) is 35.5 Å². The monoisotopic (exact) mass is 348 g/mol. The zero-order valence-electron chi connectivity index (χ0n) is 14.9. The summed E-state index contributed by atoms with van der Waals surface area (Å²) in [5.74, 6) is 1.09. The molecule has 3 heteroatoms. The largest absolute Gasteiger partial charge is 0.257 e. The normalized spacial score (nSPS) is 11.0. The first-order valence-electron chi connectivity index (χ1n) is 8.76. The first-order valence-corrected chi connectivity index (χ1v) is 9.81. The molecular weight excluding hydrogens is 324 g/mol. The number of aromatic nitrogens is 2. The van der Waals surface area contributed by atoms with E-state index in [1.54, 1.807) is 0 Å². The highest BCUT2D eigenvalue weighted by Gasteiger charge is 2.02. The van der Waals surface area contributed by atoms with Crippen molar-refractivity contribution < 1.29 is 0 Å². The van der Waals surface area contributed by atoms with Crippen LogP contribution in [0.2, 0.25) is 0 Å². The van der Waals surface area contributed by atoms with Crippen molar-refractivity contribution in [2.24, 2.45) is 0 Å². The molecule has 1 aromatic heterocycles. The second-order valence-corrected chi connectivity index (χ2v) is 8.00. The SMILES string of the molecule is CC(C)SCc1ccc(CCc2cnc(-c3ccccc3)cn2)cc1. The van der Waals surface area contributed by atoms with Crippen LogP contribution in [0.1, 0.15) is 30.7 Å².